The lowest BCUT2D eigenvalue weighted by Gasteiger charge is -2.09. The van der Waals surface area contributed by atoms with Crippen LogP contribution in [0.15, 0.2) is 73.1 Å². The number of urea groups is 1. The summed E-state index contributed by atoms with van der Waals surface area (Å²) in [6.45, 7) is 0.823. The van der Waals surface area contributed by atoms with Crippen molar-refractivity contribution in [3.63, 3.8) is 0 Å². The molecule has 0 unspecified atom stereocenters. The van der Waals surface area contributed by atoms with Crippen molar-refractivity contribution in [2.24, 2.45) is 0 Å². The molecule has 28 heavy (non-hydrogen) atoms. The minimum atomic E-state index is -0.266. The molecule has 0 saturated heterocycles. The van der Waals surface area contributed by atoms with E-state index in [0.29, 0.717) is 30.0 Å². The smallest absolute Gasteiger partial charge is 0.315 e. The number of rotatable bonds is 6. The SMILES string of the molecule is Nc1cnccc1NC(=O)c1ccc(CNC(=O)NCc2ccccc2)cc1. The van der Waals surface area contributed by atoms with Crippen molar-refractivity contribution >= 4 is 23.3 Å². The maximum atomic E-state index is 12.3. The molecule has 0 radical (unpaired) electrons. The fraction of sp³-hybridized carbons (Fsp3) is 0.0952. The second-order valence-electron chi connectivity index (χ2n) is 6.14. The quantitative estimate of drug-likeness (QED) is 0.531. The number of anilines is 2. The van der Waals surface area contributed by atoms with Crippen molar-refractivity contribution in [3.8, 4) is 0 Å². The summed E-state index contributed by atoms with van der Waals surface area (Å²) >= 11 is 0. The third kappa shape index (κ3) is 5.31. The van der Waals surface area contributed by atoms with Gasteiger partial charge in [-0.15, -0.1) is 0 Å². The Morgan fingerprint density at radius 3 is 2.14 bits per heavy atom. The van der Waals surface area contributed by atoms with Crippen molar-refractivity contribution in [2.75, 3.05) is 11.1 Å². The Labute approximate surface area is 163 Å². The molecule has 2 aromatic carbocycles. The van der Waals surface area contributed by atoms with Crippen LogP contribution in [0.3, 0.4) is 0 Å². The zero-order valence-corrected chi connectivity index (χ0v) is 15.2. The van der Waals surface area contributed by atoms with E-state index in [1.807, 2.05) is 30.3 Å². The second-order valence-corrected chi connectivity index (χ2v) is 6.14. The van der Waals surface area contributed by atoms with E-state index >= 15 is 0 Å². The standard InChI is InChI=1S/C21H21N5O2/c22-18-14-23-11-10-19(18)26-20(27)17-8-6-16(7-9-17)13-25-21(28)24-12-15-4-2-1-3-5-15/h1-11,14H,12-13,22H2,(H,23,26,27)(H2,24,25,28). The number of nitrogens with two attached hydrogens (primary N) is 1. The molecular formula is C21H21N5O2. The Morgan fingerprint density at radius 1 is 0.857 bits per heavy atom. The van der Waals surface area contributed by atoms with Gasteiger partial charge in [-0.25, -0.2) is 4.79 Å². The molecule has 0 aliphatic rings. The Hall–Kier alpha value is -3.87. The van der Waals surface area contributed by atoms with Crippen molar-refractivity contribution in [1.29, 1.82) is 0 Å². The molecule has 1 aromatic heterocycles. The van der Waals surface area contributed by atoms with Gasteiger partial charge in [0, 0.05) is 24.8 Å². The molecule has 0 bridgehead atoms. The number of hydrogen-bond donors (Lipinski definition) is 4. The van der Waals surface area contributed by atoms with E-state index in [4.69, 9.17) is 5.73 Å². The first-order valence-corrected chi connectivity index (χ1v) is 8.77. The number of benzene rings is 2. The first-order chi connectivity index (χ1) is 13.6. The summed E-state index contributed by atoms with van der Waals surface area (Å²) < 4.78 is 0. The van der Waals surface area contributed by atoms with Gasteiger partial charge in [0.25, 0.3) is 5.91 Å². The molecule has 3 rings (SSSR count). The number of carbonyl (C=O) groups is 2. The molecule has 0 fully saturated rings. The predicted molar refractivity (Wildman–Crippen MR) is 109 cm³/mol. The molecule has 0 atom stereocenters. The zero-order chi connectivity index (χ0) is 19.8. The largest absolute Gasteiger partial charge is 0.396 e. The van der Waals surface area contributed by atoms with Gasteiger partial charge >= 0.3 is 6.03 Å². The van der Waals surface area contributed by atoms with Gasteiger partial charge < -0.3 is 21.7 Å². The van der Waals surface area contributed by atoms with Gasteiger partial charge in [-0.3, -0.25) is 9.78 Å². The summed E-state index contributed by atoms with van der Waals surface area (Å²) in [6, 6.07) is 18.1. The van der Waals surface area contributed by atoms with Crippen LogP contribution in [0.5, 0.6) is 0 Å². The lowest BCUT2D eigenvalue weighted by Crippen LogP contribution is -2.34. The van der Waals surface area contributed by atoms with Crippen LogP contribution in [-0.4, -0.2) is 16.9 Å². The lowest BCUT2D eigenvalue weighted by molar-refractivity contribution is 0.102. The third-order valence-corrected chi connectivity index (χ3v) is 4.07. The minimum Gasteiger partial charge on any atom is -0.396 e. The minimum absolute atomic E-state index is 0.251. The first-order valence-electron chi connectivity index (χ1n) is 8.77. The maximum absolute atomic E-state index is 12.3. The average Bonchev–Trinajstić information content (AvgIpc) is 2.73. The summed E-state index contributed by atoms with van der Waals surface area (Å²) in [4.78, 5) is 28.1. The van der Waals surface area contributed by atoms with E-state index in [9.17, 15) is 9.59 Å². The van der Waals surface area contributed by atoms with Crippen molar-refractivity contribution in [2.45, 2.75) is 13.1 Å². The Bertz CT molecular complexity index is 943. The van der Waals surface area contributed by atoms with Gasteiger partial charge in [-0.05, 0) is 29.3 Å². The summed E-state index contributed by atoms with van der Waals surface area (Å²) in [6.07, 6.45) is 3.04. The van der Waals surface area contributed by atoms with Crippen LogP contribution < -0.4 is 21.7 Å². The van der Waals surface area contributed by atoms with E-state index in [1.54, 1.807) is 36.5 Å². The van der Waals surface area contributed by atoms with E-state index < -0.39 is 0 Å². The number of nitrogen functional groups attached to an aromatic ring is 1. The number of aromatic nitrogens is 1. The third-order valence-electron chi connectivity index (χ3n) is 4.07. The van der Waals surface area contributed by atoms with Crippen molar-refractivity contribution in [1.82, 2.24) is 15.6 Å². The van der Waals surface area contributed by atoms with Gasteiger partial charge in [-0.1, -0.05) is 42.5 Å². The summed E-state index contributed by atoms with van der Waals surface area (Å²) in [7, 11) is 0. The molecule has 5 N–H and O–H groups in total. The Morgan fingerprint density at radius 2 is 1.50 bits per heavy atom. The maximum Gasteiger partial charge on any atom is 0.315 e. The van der Waals surface area contributed by atoms with E-state index in [0.717, 1.165) is 11.1 Å². The number of amides is 3. The summed E-state index contributed by atoms with van der Waals surface area (Å²) in [5.41, 5.74) is 9.10. The lowest BCUT2D eigenvalue weighted by atomic mass is 10.1. The number of nitrogens with zero attached hydrogens (tertiary/aromatic N) is 1. The van der Waals surface area contributed by atoms with Crippen molar-refractivity contribution in [3.05, 3.63) is 89.7 Å². The normalized spacial score (nSPS) is 10.1. The van der Waals surface area contributed by atoms with Gasteiger partial charge in [0.1, 0.15) is 0 Å². The van der Waals surface area contributed by atoms with Crippen LogP contribution in [0.2, 0.25) is 0 Å². The van der Waals surface area contributed by atoms with Gasteiger partial charge in [0.15, 0.2) is 0 Å². The van der Waals surface area contributed by atoms with Crippen LogP contribution in [0.25, 0.3) is 0 Å². The van der Waals surface area contributed by atoms with Crippen LogP contribution in [0.4, 0.5) is 16.2 Å². The number of hydrogen-bond acceptors (Lipinski definition) is 4. The predicted octanol–water partition coefficient (Wildman–Crippen LogP) is 2.92. The fourth-order valence-electron chi connectivity index (χ4n) is 2.51. The van der Waals surface area contributed by atoms with Crippen molar-refractivity contribution < 1.29 is 9.59 Å². The van der Waals surface area contributed by atoms with Gasteiger partial charge in [-0.2, -0.15) is 0 Å². The molecule has 3 amide bonds. The highest BCUT2D eigenvalue weighted by Gasteiger charge is 2.08. The molecule has 7 heteroatoms. The summed E-state index contributed by atoms with van der Waals surface area (Å²) in [5, 5.41) is 8.34. The van der Waals surface area contributed by atoms with E-state index in [2.05, 4.69) is 20.9 Å². The van der Waals surface area contributed by atoms with Crippen LogP contribution >= 0.6 is 0 Å². The molecule has 1 heterocycles. The first kappa shape index (κ1) is 18.9. The fourth-order valence-corrected chi connectivity index (χ4v) is 2.51. The highest BCUT2D eigenvalue weighted by Crippen LogP contribution is 2.16. The molecule has 7 nitrogen and oxygen atoms in total. The summed E-state index contributed by atoms with van der Waals surface area (Å²) in [5.74, 6) is -0.266. The molecular weight excluding hydrogens is 354 g/mol. The average molecular weight is 375 g/mol. The molecule has 3 aromatic rings. The van der Waals surface area contributed by atoms with Gasteiger partial charge in [0.2, 0.25) is 0 Å². The zero-order valence-electron chi connectivity index (χ0n) is 15.2. The van der Waals surface area contributed by atoms with Gasteiger partial charge in [0.05, 0.1) is 17.6 Å². The van der Waals surface area contributed by atoms with E-state index in [1.165, 1.54) is 6.20 Å². The number of nitrogens with one attached hydrogen (secondary N) is 3. The molecule has 142 valence electrons. The molecule has 0 aliphatic carbocycles. The monoisotopic (exact) mass is 375 g/mol. The molecule has 0 saturated carbocycles. The number of carbonyl (C=O) groups excluding carboxylic acids is 2. The highest BCUT2D eigenvalue weighted by atomic mass is 16.2. The van der Waals surface area contributed by atoms with E-state index in [-0.39, 0.29) is 11.9 Å². The van der Waals surface area contributed by atoms with Crippen LogP contribution in [-0.2, 0) is 13.1 Å². The number of pyridine rings is 1. The highest BCUT2D eigenvalue weighted by molar-refractivity contribution is 6.05. The van der Waals surface area contributed by atoms with Crippen LogP contribution in [0, 0.1) is 0 Å². The van der Waals surface area contributed by atoms with Crippen LogP contribution in [0.1, 0.15) is 21.5 Å². The Kier molecular flexibility index (Phi) is 6.20. The Balaban J connectivity index is 1.48. The molecule has 0 aliphatic heterocycles. The molecule has 0 spiro atoms. The topological polar surface area (TPSA) is 109 Å². The second kappa shape index (κ2) is 9.18.